The van der Waals surface area contributed by atoms with Crippen LogP contribution in [0.1, 0.15) is 33.5 Å². The van der Waals surface area contributed by atoms with Crippen molar-refractivity contribution in [2.24, 2.45) is 4.99 Å². The first-order chi connectivity index (χ1) is 16.9. The molecule has 176 valence electrons. The number of benzene rings is 2. The summed E-state index contributed by atoms with van der Waals surface area (Å²) >= 11 is 7.97. The van der Waals surface area contributed by atoms with Crippen molar-refractivity contribution < 1.29 is 28.2 Å². The number of fused-ring (bicyclic) bond motifs is 1. The molecule has 0 radical (unpaired) electrons. The number of aryl methyl sites for hydroxylation is 1. The summed E-state index contributed by atoms with van der Waals surface area (Å²) in [7, 11) is 0. The summed E-state index contributed by atoms with van der Waals surface area (Å²) in [4.78, 5) is 29.8. The van der Waals surface area contributed by atoms with Gasteiger partial charge in [-0.3, -0.25) is 0 Å². The van der Waals surface area contributed by atoms with Gasteiger partial charge in [0.15, 0.2) is 17.2 Å². The molecule has 0 amide bonds. The maximum atomic E-state index is 12.5. The van der Waals surface area contributed by atoms with Gasteiger partial charge in [0, 0.05) is 10.1 Å². The second kappa shape index (κ2) is 9.40. The van der Waals surface area contributed by atoms with Gasteiger partial charge in [0.1, 0.15) is 4.88 Å². The lowest BCUT2D eigenvalue weighted by Gasteiger charge is -2.10. The highest BCUT2D eigenvalue weighted by Gasteiger charge is 2.28. The molecule has 35 heavy (non-hydrogen) atoms. The van der Waals surface area contributed by atoms with Crippen molar-refractivity contribution in [3.63, 3.8) is 0 Å². The van der Waals surface area contributed by atoms with E-state index in [0.29, 0.717) is 27.8 Å². The zero-order chi connectivity index (χ0) is 24.5. The molecule has 5 rings (SSSR count). The van der Waals surface area contributed by atoms with Crippen LogP contribution in [0, 0.1) is 6.92 Å². The highest BCUT2D eigenvalue weighted by atomic mass is 35.5. The fourth-order valence-corrected chi connectivity index (χ4v) is 5.02. The molecule has 0 saturated carbocycles. The highest BCUT2D eigenvalue weighted by molar-refractivity contribution is 7.21. The van der Waals surface area contributed by atoms with E-state index >= 15 is 0 Å². The first-order valence-electron chi connectivity index (χ1n) is 10.7. The number of thiophene rings is 1. The zero-order valence-electron chi connectivity index (χ0n) is 18.7. The Kier molecular flexibility index (Phi) is 6.15. The van der Waals surface area contributed by atoms with Crippen LogP contribution in [0.5, 0.6) is 11.5 Å². The summed E-state index contributed by atoms with van der Waals surface area (Å²) in [6.45, 7) is 4.16. The van der Waals surface area contributed by atoms with E-state index in [1.807, 2.05) is 32.0 Å². The van der Waals surface area contributed by atoms with E-state index in [4.69, 9.17) is 30.2 Å². The third-order valence-electron chi connectivity index (χ3n) is 5.10. The Bertz CT molecular complexity index is 1520. The van der Waals surface area contributed by atoms with Crippen molar-refractivity contribution in [2.75, 3.05) is 6.61 Å². The number of esters is 2. The number of carbonyl (C=O) groups excluding carboxylic acids is 2. The van der Waals surface area contributed by atoms with Crippen LogP contribution in [0.25, 0.3) is 16.2 Å². The SMILES string of the molecule is CCOc1cc(/C=C2/N=C(c3sc4cc(C)ccc4c3Cl)OC2=O)ccc1OC(=O)c1ccco1. The lowest BCUT2D eigenvalue weighted by Crippen LogP contribution is -2.08. The average Bonchev–Trinajstić information content (AvgIpc) is 3.56. The molecule has 9 heteroatoms. The van der Waals surface area contributed by atoms with Crippen molar-refractivity contribution in [3.05, 3.63) is 87.3 Å². The van der Waals surface area contributed by atoms with E-state index in [1.165, 1.54) is 23.7 Å². The van der Waals surface area contributed by atoms with Crippen molar-refractivity contribution >= 4 is 56.9 Å². The van der Waals surface area contributed by atoms with Gasteiger partial charge < -0.3 is 18.6 Å². The molecule has 4 aromatic rings. The summed E-state index contributed by atoms with van der Waals surface area (Å²) in [5.41, 5.74) is 1.84. The summed E-state index contributed by atoms with van der Waals surface area (Å²) < 4.78 is 22.5. The summed E-state index contributed by atoms with van der Waals surface area (Å²) in [5.74, 6) is -0.438. The smallest absolute Gasteiger partial charge is 0.379 e. The third kappa shape index (κ3) is 4.58. The molecule has 0 bridgehead atoms. The van der Waals surface area contributed by atoms with Gasteiger partial charge in [-0.05, 0) is 61.4 Å². The Morgan fingerprint density at radius 1 is 1.17 bits per heavy atom. The van der Waals surface area contributed by atoms with Gasteiger partial charge in [-0.2, -0.15) is 0 Å². The van der Waals surface area contributed by atoms with Crippen molar-refractivity contribution in [2.45, 2.75) is 13.8 Å². The molecule has 0 atom stereocenters. The van der Waals surface area contributed by atoms with Gasteiger partial charge in [-0.25, -0.2) is 14.6 Å². The van der Waals surface area contributed by atoms with Crippen LogP contribution >= 0.6 is 22.9 Å². The summed E-state index contributed by atoms with van der Waals surface area (Å²) in [6.07, 6.45) is 2.96. The molecule has 0 aliphatic carbocycles. The predicted octanol–water partition coefficient (Wildman–Crippen LogP) is 6.42. The van der Waals surface area contributed by atoms with E-state index in [0.717, 1.165) is 15.6 Å². The van der Waals surface area contributed by atoms with Crippen LogP contribution in [0.15, 0.2) is 69.9 Å². The molecule has 0 spiro atoms. The fourth-order valence-electron chi connectivity index (χ4n) is 3.49. The first-order valence-corrected chi connectivity index (χ1v) is 11.9. The molecule has 2 aromatic carbocycles. The van der Waals surface area contributed by atoms with Gasteiger partial charge in [0.2, 0.25) is 11.7 Å². The average molecular weight is 508 g/mol. The van der Waals surface area contributed by atoms with Crippen LogP contribution in [-0.2, 0) is 9.53 Å². The van der Waals surface area contributed by atoms with E-state index in [2.05, 4.69) is 4.99 Å². The molecule has 0 N–H and O–H groups in total. The molecule has 2 aromatic heterocycles. The number of cyclic esters (lactones) is 1. The standard InChI is InChI=1S/C26H18ClNO6S/c1-3-31-20-13-15(7-9-18(20)33-26(30)19-5-4-10-32-19)12-17-25(29)34-24(28-17)23-22(27)16-8-6-14(2)11-21(16)35-23/h4-13H,3H2,1-2H3/b17-12+. The quantitative estimate of drug-likeness (QED) is 0.170. The molecule has 7 nitrogen and oxygen atoms in total. The number of hydrogen-bond acceptors (Lipinski definition) is 8. The normalized spacial score (nSPS) is 14.3. The first kappa shape index (κ1) is 22.9. The minimum Gasteiger partial charge on any atom is -0.490 e. The van der Waals surface area contributed by atoms with Crippen molar-refractivity contribution in [3.8, 4) is 11.5 Å². The molecule has 1 aliphatic heterocycles. The monoisotopic (exact) mass is 507 g/mol. The summed E-state index contributed by atoms with van der Waals surface area (Å²) in [5, 5.41) is 1.38. The number of carbonyl (C=O) groups is 2. The van der Waals surface area contributed by atoms with Gasteiger partial charge in [0.05, 0.1) is 17.9 Å². The van der Waals surface area contributed by atoms with Crippen LogP contribution in [0.4, 0.5) is 0 Å². The van der Waals surface area contributed by atoms with Crippen LogP contribution in [0.2, 0.25) is 5.02 Å². The zero-order valence-corrected chi connectivity index (χ0v) is 20.2. The van der Waals surface area contributed by atoms with E-state index in [1.54, 1.807) is 30.3 Å². The molecular weight excluding hydrogens is 490 g/mol. The maximum absolute atomic E-state index is 12.5. The maximum Gasteiger partial charge on any atom is 0.379 e. The Morgan fingerprint density at radius 2 is 2.03 bits per heavy atom. The Labute approximate surface area is 209 Å². The van der Waals surface area contributed by atoms with Gasteiger partial charge in [-0.15, -0.1) is 11.3 Å². The van der Waals surface area contributed by atoms with Crippen LogP contribution in [-0.4, -0.2) is 24.4 Å². The molecule has 0 unspecified atom stereocenters. The van der Waals surface area contributed by atoms with E-state index in [-0.39, 0.29) is 23.1 Å². The number of rotatable bonds is 6. The molecule has 3 heterocycles. The number of nitrogens with zero attached hydrogens (tertiary/aromatic N) is 1. The highest BCUT2D eigenvalue weighted by Crippen LogP contribution is 2.38. The van der Waals surface area contributed by atoms with E-state index < -0.39 is 11.9 Å². The Balaban J connectivity index is 1.44. The van der Waals surface area contributed by atoms with Gasteiger partial charge >= 0.3 is 11.9 Å². The van der Waals surface area contributed by atoms with Crippen molar-refractivity contribution in [1.82, 2.24) is 0 Å². The van der Waals surface area contributed by atoms with Crippen LogP contribution in [0.3, 0.4) is 0 Å². The Hall–Kier alpha value is -3.88. The lowest BCUT2D eigenvalue weighted by molar-refractivity contribution is -0.129. The topological polar surface area (TPSA) is 87.3 Å². The van der Waals surface area contributed by atoms with Crippen molar-refractivity contribution in [1.29, 1.82) is 0 Å². The molecule has 1 aliphatic rings. The number of halogens is 1. The van der Waals surface area contributed by atoms with Gasteiger partial charge in [-0.1, -0.05) is 29.8 Å². The minimum atomic E-state index is -0.647. The molecule has 0 fully saturated rings. The third-order valence-corrected chi connectivity index (χ3v) is 6.74. The minimum absolute atomic E-state index is 0.0734. The number of furan rings is 1. The second-order valence-corrected chi connectivity index (χ2v) is 9.02. The predicted molar refractivity (Wildman–Crippen MR) is 133 cm³/mol. The van der Waals surface area contributed by atoms with Gasteiger partial charge in [0.25, 0.3) is 0 Å². The number of aliphatic imine (C=N–C) groups is 1. The lowest BCUT2D eigenvalue weighted by atomic mass is 10.1. The Morgan fingerprint density at radius 3 is 2.80 bits per heavy atom. The second-order valence-electron chi connectivity index (χ2n) is 7.59. The summed E-state index contributed by atoms with van der Waals surface area (Å²) in [6, 6.07) is 14.0. The number of hydrogen-bond donors (Lipinski definition) is 0. The van der Waals surface area contributed by atoms with E-state index in [9.17, 15) is 9.59 Å². The molecular formula is C26H18ClNO6S. The van der Waals surface area contributed by atoms with Crippen LogP contribution < -0.4 is 9.47 Å². The fraction of sp³-hybridized carbons (Fsp3) is 0.115. The molecule has 0 saturated heterocycles. The number of ether oxygens (including phenoxy) is 3. The largest absolute Gasteiger partial charge is 0.490 e.